The smallest absolute Gasteiger partial charge is 0.235 e. The number of amides is 1. The maximum atomic E-state index is 12.0. The summed E-state index contributed by atoms with van der Waals surface area (Å²) in [4.78, 5) is 22.2. The van der Waals surface area contributed by atoms with Crippen LogP contribution < -0.4 is 5.32 Å². The van der Waals surface area contributed by atoms with E-state index < -0.39 is 0 Å². The van der Waals surface area contributed by atoms with E-state index in [0.717, 1.165) is 53.9 Å². The Balaban J connectivity index is 1.43. The summed E-state index contributed by atoms with van der Waals surface area (Å²) in [5.74, 6) is 0.701. The summed E-state index contributed by atoms with van der Waals surface area (Å²) >= 11 is 0. The normalized spacial score (nSPS) is 15.0. The zero-order valence-corrected chi connectivity index (χ0v) is 21.6. The van der Waals surface area contributed by atoms with Gasteiger partial charge in [-0.1, -0.05) is 19.9 Å². The van der Waals surface area contributed by atoms with E-state index in [1.54, 1.807) is 13.4 Å². The molecule has 0 bridgehead atoms. The summed E-state index contributed by atoms with van der Waals surface area (Å²) in [5, 5.41) is 16.9. The number of pyridine rings is 1. The number of carbonyl (C=O) groups is 1. The molecular formula is C28H33N7O2. The number of rotatable bonds is 8. The summed E-state index contributed by atoms with van der Waals surface area (Å²) in [7, 11) is 1.69. The van der Waals surface area contributed by atoms with Gasteiger partial charge in [0.05, 0.1) is 24.9 Å². The number of carbonyl (C=O) groups excluding carboxylic acids is 1. The van der Waals surface area contributed by atoms with Gasteiger partial charge in [-0.3, -0.25) is 9.69 Å². The minimum absolute atomic E-state index is 0.0620. The number of piperidine rings is 1. The molecular weight excluding hydrogens is 466 g/mol. The summed E-state index contributed by atoms with van der Waals surface area (Å²) in [6.07, 6.45) is 5.62. The second-order valence-corrected chi connectivity index (χ2v) is 10.1. The van der Waals surface area contributed by atoms with Gasteiger partial charge in [0.2, 0.25) is 5.91 Å². The number of H-pyrrole nitrogens is 1. The number of aromatic amines is 1. The third-order valence-electron chi connectivity index (χ3n) is 7.27. The van der Waals surface area contributed by atoms with Gasteiger partial charge in [0.1, 0.15) is 12.9 Å². The summed E-state index contributed by atoms with van der Waals surface area (Å²) in [5.41, 5.74) is 7.75. The lowest BCUT2D eigenvalue weighted by Crippen LogP contribution is -2.41. The van der Waals surface area contributed by atoms with E-state index in [1.807, 2.05) is 16.8 Å². The van der Waals surface area contributed by atoms with Crippen LogP contribution >= 0.6 is 0 Å². The van der Waals surface area contributed by atoms with E-state index in [2.05, 4.69) is 63.4 Å². The Labute approximate surface area is 216 Å². The molecule has 5 rings (SSSR count). The number of nitrogens with zero attached hydrogens (tertiary/aromatic N) is 5. The van der Waals surface area contributed by atoms with Crippen molar-refractivity contribution in [3.63, 3.8) is 0 Å². The Bertz CT molecular complexity index is 1450. The summed E-state index contributed by atoms with van der Waals surface area (Å²) in [6, 6.07) is 10.9. The van der Waals surface area contributed by atoms with Gasteiger partial charge >= 0.3 is 0 Å². The molecule has 2 N–H and O–H groups in total. The van der Waals surface area contributed by atoms with Crippen LogP contribution in [0.3, 0.4) is 0 Å². The highest BCUT2D eigenvalue weighted by atomic mass is 16.5. The number of nitrogens with one attached hydrogen (secondary N) is 2. The first-order chi connectivity index (χ1) is 18.0. The van der Waals surface area contributed by atoms with Crippen LogP contribution in [-0.4, -0.2) is 63.7 Å². The zero-order chi connectivity index (χ0) is 25.9. The van der Waals surface area contributed by atoms with Crippen molar-refractivity contribution in [2.24, 2.45) is 0 Å². The van der Waals surface area contributed by atoms with Gasteiger partial charge in [-0.15, -0.1) is 0 Å². The second-order valence-electron chi connectivity index (χ2n) is 10.1. The average Bonchev–Trinajstić information content (AvgIpc) is 3.52. The molecule has 1 aromatic carbocycles. The van der Waals surface area contributed by atoms with Crippen LogP contribution in [0.15, 0.2) is 36.8 Å². The SMILES string of the molecule is COCc1cc(-c2[nH]c3ccc(C4CCN(CC(=O)NCC#N)CC4)cc3c2C(C)C)cn2ncnc12. The molecule has 0 spiro atoms. The fraction of sp³-hybridized carbons (Fsp3) is 0.429. The number of methoxy groups -OCH3 is 1. The van der Waals surface area contributed by atoms with E-state index in [9.17, 15) is 4.79 Å². The van der Waals surface area contributed by atoms with E-state index in [0.29, 0.717) is 25.0 Å². The van der Waals surface area contributed by atoms with Crippen LogP contribution in [0.4, 0.5) is 0 Å². The van der Waals surface area contributed by atoms with Gasteiger partial charge in [-0.25, -0.2) is 9.50 Å². The molecule has 1 saturated heterocycles. The van der Waals surface area contributed by atoms with Gasteiger partial charge in [0.15, 0.2) is 5.65 Å². The molecule has 1 fully saturated rings. The van der Waals surface area contributed by atoms with E-state index in [4.69, 9.17) is 10.00 Å². The lowest BCUT2D eigenvalue weighted by Gasteiger charge is -2.31. The molecule has 1 amide bonds. The van der Waals surface area contributed by atoms with Gasteiger partial charge in [0, 0.05) is 35.3 Å². The van der Waals surface area contributed by atoms with Crippen LogP contribution in [-0.2, 0) is 16.1 Å². The number of aromatic nitrogens is 4. The van der Waals surface area contributed by atoms with Crippen LogP contribution in [0.1, 0.15) is 55.2 Å². The van der Waals surface area contributed by atoms with Crippen molar-refractivity contribution in [2.75, 3.05) is 33.3 Å². The Kier molecular flexibility index (Phi) is 7.22. The maximum Gasteiger partial charge on any atom is 0.235 e. The molecule has 37 heavy (non-hydrogen) atoms. The fourth-order valence-corrected chi connectivity index (χ4v) is 5.53. The number of nitriles is 1. The second kappa shape index (κ2) is 10.7. The minimum Gasteiger partial charge on any atom is -0.380 e. The average molecular weight is 500 g/mol. The molecule has 0 atom stereocenters. The molecule has 0 saturated carbocycles. The highest BCUT2D eigenvalue weighted by Gasteiger charge is 2.24. The van der Waals surface area contributed by atoms with E-state index >= 15 is 0 Å². The van der Waals surface area contributed by atoms with Gasteiger partial charge in [-0.2, -0.15) is 10.4 Å². The zero-order valence-electron chi connectivity index (χ0n) is 21.6. The maximum absolute atomic E-state index is 12.0. The predicted octanol–water partition coefficient (Wildman–Crippen LogP) is 3.97. The Hall–Kier alpha value is -3.74. The molecule has 4 heterocycles. The van der Waals surface area contributed by atoms with Crippen molar-refractivity contribution >= 4 is 22.5 Å². The van der Waals surface area contributed by atoms with Crippen molar-refractivity contribution in [1.29, 1.82) is 5.26 Å². The molecule has 0 unspecified atom stereocenters. The third-order valence-corrected chi connectivity index (χ3v) is 7.27. The van der Waals surface area contributed by atoms with Crippen molar-refractivity contribution in [3.8, 4) is 17.3 Å². The highest BCUT2D eigenvalue weighted by Crippen LogP contribution is 2.38. The van der Waals surface area contributed by atoms with E-state index in [1.165, 1.54) is 16.5 Å². The Morgan fingerprint density at radius 3 is 2.84 bits per heavy atom. The minimum atomic E-state index is -0.0828. The van der Waals surface area contributed by atoms with Gasteiger partial charge in [0.25, 0.3) is 0 Å². The molecule has 0 radical (unpaired) electrons. The molecule has 192 valence electrons. The number of hydrogen-bond donors (Lipinski definition) is 2. The largest absolute Gasteiger partial charge is 0.380 e. The lowest BCUT2D eigenvalue weighted by atomic mass is 9.87. The first-order valence-electron chi connectivity index (χ1n) is 12.8. The number of ether oxygens (including phenoxy) is 1. The lowest BCUT2D eigenvalue weighted by molar-refractivity contribution is -0.122. The number of fused-ring (bicyclic) bond motifs is 2. The fourth-order valence-electron chi connectivity index (χ4n) is 5.53. The van der Waals surface area contributed by atoms with Crippen LogP contribution in [0, 0.1) is 11.3 Å². The van der Waals surface area contributed by atoms with E-state index in [-0.39, 0.29) is 12.5 Å². The third kappa shape index (κ3) is 5.08. The number of likely N-dealkylation sites (tertiary alicyclic amines) is 1. The highest BCUT2D eigenvalue weighted by molar-refractivity contribution is 5.92. The number of benzene rings is 1. The molecule has 1 aliphatic rings. The van der Waals surface area contributed by atoms with Gasteiger partial charge in [-0.05, 0) is 67.1 Å². The first kappa shape index (κ1) is 24.9. The van der Waals surface area contributed by atoms with Crippen LogP contribution in [0.5, 0.6) is 0 Å². The first-order valence-corrected chi connectivity index (χ1v) is 12.8. The molecule has 0 aliphatic carbocycles. The Morgan fingerprint density at radius 2 is 2.11 bits per heavy atom. The molecule has 9 nitrogen and oxygen atoms in total. The van der Waals surface area contributed by atoms with Gasteiger partial charge < -0.3 is 15.0 Å². The topological polar surface area (TPSA) is 111 Å². The summed E-state index contributed by atoms with van der Waals surface area (Å²) < 4.78 is 7.25. The van der Waals surface area contributed by atoms with Crippen molar-refractivity contribution in [3.05, 3.63) is 53.5 Å². The summed E-state index contributed by atoms with van der Waals surface area (Å²) in [6.45, 7) is 7.10. The van der Waals surface area contributed by atoms with Crippen molar-refractivity contribution in [1.82, 2.24) is 29.8 Å². The monoisotopic (exact) mass is 499 g/mol. The van der Waals surface area contributed by atoms with Crippen LogP contribution in [0.25, 0.3) is 27.8 Å². The predicted molar refractivity (Wildman–Crippen MR) is 142 cm³/mol. The molecule has 9 heteroatoms. The molecule has 1 aliphatic heterocycles. The van der Waals surface area contributed by atoms with Crippen molar-refractivity contribution < 1.29 is 9.53 Å². The van der Waals surface area contributed by atoms with Crippen molar-refractivity contribution in [2.45, 2.75) is 45.1 Å². The standard InChI is InChI=1S/C28H33N7O2/c1-18(2)26-23-13-20(19-6-10-34(11-7-19)15-25(36)30-9-8-29)4-5-24(23)33-27(26)21-12-22(16-37-3)28-31-17-32-35(28)14-21/h4-5,12-14,17-19,33H,6-7,9-11,15-16H2,1-3H3,(H,30,36). The quantitative estimate of drug-likeness (QED) is 0.355. The molecule has 3 aromatic heterocycles. The number of hydrogen-bond acceptors (Lipinski definition) is 6. The Morgan fingerprint density at radius 1 is 1.30 bits per heavy atom. The molecule has 4 aromatic rings. The van der Waals surface area contributed by atoms with Crippen LogP contribution in [0.2, 0.25) is 0 Å².